The van der Waals surface area contributed by atoms with Gasteiger partial charge in [-0.1, -0.05) is 0 Å². The molecule has 0 aliphatic rings. The van der Waals surface area contributed by atoms with Crippen LogP contribution in [0, 0.1) is 5.82 Å². The fourth-order valence-electron chi connectivity index (χ4n) is 1.34. The van der Waals surface area contributed by atoms with Gasteiger partial charge in [0.15, 0.2) is 6.61 Å². The van der Waals surface area contributed by atoms with Gasteiger partial charge in [-0.25, -0.2) is 4.39 Å². The largest absolute Gasteiger partial charge is 0.484 e. The predicted molar refractivity (Wildman–Crippen MR) is 61.6 cm³/mol. The Labute approximate surface area is 112 Å². The number of benzene rings is 1. The van der Waals surface area contributed by atoms with E-state index in [0.717, 1.165) is 6.07 Å². The zero-order valence-corrected chi connectivity index (χ0v) is 10.5. The third-order valence-electron chi connectivity index (χ3n) is 2.28. The van der Waals surface area contributed by atoms with Crippen LogP contribution in [-0.2, 0) is 4.79 Å². The molecule has 0 aliphatic carbocycles. The molecule has 0 aliphatic heterocycles. The molecule has 0 saturated heterocycles. The standard InChI is InChI=1S/C12H13F4NO3/c1-7(18)9-3-2-8(4-10(9)13)20-5-11(19)17-6-12(14,15)16/h2-4,7,18H,5-6H2,1H3,(H,17,19). The van der Waals surface area contributed by atoms with Gasteiger partial charge >= 0.3 is 6.18 Å². The predicted octanol–water partition coefficient (Wildman–Crippen LogP) is 1.94. The van der Waals surface area contributed by atoms with Crippen molar-refractivity contribution >= 4 is 5.91 Å². The van der Waals surface area contributed by atoms with Crippen LogP contribution in [0.25, 0.3) is 0 Å². The molecule has 20 heavy (non-hydrogen) atoms. The number of hydrogen-bond acceptors (Lipinski definition) is 3. The van der Waals surface area contributed by atoms with Crippen molar-refractivity contribution in [1.82, 2.24) is 5.32 Å². The monoisotopic (exact) mass is 295 g/mol. The molecule has 1 aromatic rings. The SMILES string of the molecule is CC(O)c1ccc(OCC(=O)NCC(F)(F)F)cc1F. The molecule has 1 unspecified atom stereocenters. The molecule has 1 amide bonds. The van der Waals surface area contributed by atoms with E-state index in [0.29, 0.717) is 0 Å². The minimum atomic E-state index is -4.50. The number of rotatable bonds is 5. The summed E-state index contributed by atoms with van der Waals surface area (Å²) in [5.41, 5.74) is 0.0545. The summed E-state index contributed by atoms with van der Waals surface area (Å²) in [7, 11) is 0. The van der Waals surface area contributed by atoms with Crippen LogP contribution in [0.3, 0.4) is 0 Å². The van der Waals surface area contributed by atoms with Gasteiger partial charge in [0.2, 0.25) is 0 Å². The van der Waals surface area contributed by atoms with Gasteiger partial charge in [0.1, 0.15) is 18.1 Å². The molecule has 0 radical (unpaired) electrons. The molecule has 1 atom stereocenters. The van der Waals surface area contributed by atoms with Gasteiger partial charge in [0.05, 0.1) is 6.10 Å². The van der Waals surface area contributed by atoms with Gasteiger partial charge in [0.25, 0.3) is 5.91 Å². The summed E-state index contributed by atoms with van der Waals surface area (Å²) < 4.78 is 53.8. The summed E-state index contributed by atoms with van der Waals surface area (Å²) in [5, 5.41) is 10.8. The quantitative estimate of drug-likeness (QED) is 0.816. The number of halogens is 4. The van der Waals surface area contributed by atoms with Gasteiger partial charge in [-0.2, -0.15) is 13.2 Å². The highest BCUT2D eigenvalue weighted by molar-refractivity contribution is 5.77. The highest BCUT2D eigenvalue weighted by Gasteiger charge is 2.27. The first-order chi connectivity index (χ1) is 9.19. The van der Waals surface area contributed by atoms with Gasteiger partial charge in [0, 0.05) is 11.6 Å². The van der Waals surface area contributed by atoms with E-state index >= 15 is 0 Å². The van der Waals surface area contributed by atoms with E-state index in [1.54, 1.807) is 5.32 Å². The summed E-state index contributed by atoms with van der Waals surface area (Å²) in [6, 6.07) is 3.52. The lowest BCUT2D eigenvalue weighted by Crippen LogP contribution is -2.36. The number of aliphatic hydroxyl groups is 1. The van der Waals surface area contributed by atoms with Gasteiger partial charge in [-0.3, -0.25) is 4.79 Å². The number of carbonyl (C=O) groups excluding carboxylic acids is 1. The fraction of sp³-hybridized carbons (Fsp3) is 0.417. The topological polar surface area (TPSA) is 58.6 Å². The first kappa shape index (κ1) is 16.2. The maximum Gasteiger partial charge on any atom is 0.405 e. The molecule has 0 aromatic heterocycles. The lowest BCUT2D eigenvalue weighted by atomic mass is 10.1. The number of carbonyl (C=O) groups is 1. The van der Waals surface area contributed by atoms with E-state index in [-0.39, 0.29) is 11.3 Å². The summed E-state index contributed by atoms with van der Waals surface area (Å²) in [6.07, 6.45) is -5.50. The molecule has 0 bridgehead atoms. The number of aliphatic hydroxyl groups excluding tert-OH is 1. The summed E-state index contributed by atoms with van der Waals surface area (Å²) in [5.74, 6) is -1.72. The molecule has 1 rings (SSSR count). The van der Waals surface area contributed by atoms with Crippen LogP contribution < -0.4 is 10.1 Å². The van der Waals surface area contributed by atoms with Crippen molar-refractivity contribution in [2.75, 3.05) is 13.2 Å². The molecular formula is C12H13F4NO3. The number of ether oxygens (including phenoxy) is 1. The van der Waals surface area contributed by atoms with Crippen LogP contribution in [0.1, 0.15) is 18.6 Å². The van der Waals surface area contributed by atoms with Crippen molar-refractivity contribution in [3.63, 3.8) is 0 Å². The van der Waals surface area contributed by atoms with Crippen LogP contribution in [-0.4, -0.2) is 30.3 Å². The third kappa shape index (κ3) is 5.43. The number of alkyl halides is 3. The average Bonchev–Trinajstić information content (AvgIpc) is 2.32. The number of nitrogens with one attached hydrogen (secondary N) is 1. The summed E-state index contributed by atoms with van der Waals surface area (Å²) in [6.45, 7) is -0.739. The fourth-order valence-corrected chi connectivity index (χ4v) is 1.34. The van der Waals surface area contributed by atoms with Crippen molar-refractivity contribution in [2.24, 2.45) is 0 Å². The van der Waals surface area contributed by atoms with Crippen LogP contribution in [0.4, 0.5) is 17.6 Å². The molecule has 8 heteroatoms. The van der Waals surface area contributed by atoms with Crippen LogP contribution in [0.15, 0.2) is 18.2 Å². The van der Waals surface area contributed by atoms with E-state index in [2.05, 4.69) is 0 Å². The van der Waals surface area contributed by atoms with E-state index in [1.807, 2.05) is 0 Å². The second kappa shape index (κ2) is 6.56. The molecule has 0 fully saturated rings. The Balaban J connectivity index is 2.50. The maximum atomic E-state index is 13.4. The van der Waals surface area contributed by atoms with E-state index in [4.69, 9.17) is 4.74 Å². The Morgan fingerprint density at radius 3 is 2.60 bits per heavy atom. The molecule has 0 heterocycles. The second-order valence-corrected chi connectivity index (χ2v) is 4.04. The zero-order chi connectivity index (χ0) is 15.3. The van der Waals surface area contributed by atoms with Crippen molar-refractivity contribution in [2.45, 2.75) is 19.2 Å². The van der Waals surface area contributed by atoms with Crippen molar-refractivity contribution in [3.8, 4) is 5.75 Å². The average molecular weight is 295 g/mol. The highest BCUT2D eigenvalue weighted by Crippen LogP contribution is 2.21. The Hall–Kier alpha value is -1.83. The lowest BCUT2D eigenvalue weighted by molar-refractivity contribution is -0.139. The van der Waals surface area contributed by atoms with Crippen molar-refractivity contribution < 1.29 is 32.2 Å². The first-order valence-electron chi connectivity index (χ1n) is 5.63. The Morgan fingerprint density at radius 1 is 1.45 bits per heavy atom. The Morgan fingerprint density at radius 2 is 2.10 bits per heavy atom. The molecule has 1 aromatic carbocycles. The van der Waals surface area contributed by atoms with Gasteiger partial charge in [-0.05, 0) is 19.1 Å². The van der Waals surface area contributed by atoms with Crippen LogP contribution in [0.5, 0.6) is 5.75 Å². The molecule has 2 N–H and O–H groups in total. The molecule has 4 nitrogen and oxygen atoms in total. The van der Waals surface area contributed by atoms with Gasteiger partial charge < -0.3 is 15.2 Å². The maximum absolute atomic E-state index is 13.4. The highest BCUT2D eigenvalue weighted by atomic mass is 19.4. The zero-order valence-electron chi connectivity index (χ0n) is 10.5. The molecule has 112 valence electrons. The van der Waals surface area contributed by atoms with Crippen LogP contribution >= 0.6 is 0 Å². The Bertz CT molecular complexity index is 474. The van der Waals surface area contributed by atoms with E-state index < -0.39 is 37.2 Å². The minimum Gasteiger partial charge on any atom is -0.484 e. The van der Waals surface area contributed by atoms with Crippen molar-refractivity contribution in [3.05, 3.63) is 29.6 Å². The number of hydrogen-bond donors (Lipinski definition) is 2. The molecule has 0 saturated carbocycles. The first-order valence-corrected chi connectivity index (χ1v) is 5.63. The van der Waals surface area contributed by atoms with Crippen molar-refractivity contribution in [1.29, 1.82) is 0 Å². The Kier molecular flexibility index (Phi) is 5.32. The summed E-state index contributed by atoms with van der Waals surface area (Å²) >= 11 is 0. The lowest BCUT2D eigenvalue weighted by Gasteiger charge is -2.11. The normalized spacial score (nSPS) is 12.9. The minimum absolute atomic E-state index is 0.0194. The summed E-state index contributed by atoms with van der Waals surface area (Å²) in [4.78, 5) is 11.1. The van der Waals surface area contributed by atoms with Crippen LogP contribution in [0.2, 0.25) is 0 Å². The third-order valence-corrected chi connectivity index (χ3v) is 2.28. The number of amides is 1. The van der Waals surface area contributed by atoms with Gasteiger partial charge in [-0.15, -0.1) is 0 Å². The smallest absolute Gasteiger partial charge is 0.405 e. The molecular weight excluding hydrogens is 282 g/mol. The second-order valence-electron chi connectivity index (χ2n) is 4.04. The molecule has 0 spiro atoms. The van der Waals surface area contributed by atoms with E-state index in [9.17, 15) is 27.5 Å². The van der Waals surface area contributed by atoms with E-state index in [1.165, 1.54) is 19.1 Å².